The Kier molecular flexibility index (Phi) is 4.95. The van der Waals surface area contributed by atoms with Gasteiger partial charge in [-0.3, -0.25) is 4.98 Å². The van der Waals surface area contributed by atoms with Crippen LogP contribution in [0.4, 0.5) is 8.78 Å². The highest BCUT2D eigenvalue weighted by atomic mass is 19.1. The average molecular weight is 279 g/mol. The summed E-state index contributed by atoms with van der Waals surface area (Å²) in [5, 5.41) is 3.18. The van der Waals surface area contributed by atoms with Gasteiger partial charge in [-0.05, 0) is 25.1 Å². The third-order valence-electron chi connectivity index (χ3n) is 2.50. The Bertz CT molecular complexity index is 578. The van der Waals surface area contributed by atoms with E-state index in [0.29, 0.717) is 12.2 Å². The second-order valence-corrected chi connectivity index (χ2v) is 4.20. The first-order chi connectivity index (χ1) is 9.69. The highest BCUT2D eigenvalue weighted by molar-refractivity contribution is 5.28. The summed E-state index contributed by atoms with van der Waals surface area (Å²) in [7, 11) is 0. The molecular weight excluding hydrogens is 264 g/mol. The summed E-state index contributed by atoms with van der Waals surface area (Å²) in [6, 6.07) is 3.10. The maximum absolute atomic E-state index is 13.5. The smallest absolute Gasteiger partial charge is 0.238 e. The fourth-order valence-corrected chi connectivity index (χ4v) is 1.58. The molecule has 0 bridgehead atoms. The summed E-state index contributed by atoms with van der Waals surface area (Å²) in [4.78, 5) is 8.18. The topological polar surface area (TPSA) is 47.0 Å². The molecule has 0 saturated heterocycles. The highest BCUT2D eigenvalue weighted by Gasteiger charge is 2.07. The number of nitrogens with zero attached hydrogens (tertiary/aromatic N) is 2. The third-order valence-corrected chi connectivity index (χ3v) is 2.50. The Balaban J connectivity index is 2.07. The molecule has 0 fully saturated rings. The summed E-state index contributed by atoms with van der Waals surface area (Å²) in [6.07, 6.45) is 4.01. The van der Waals surface area contributed by atoms with Crippen molar-refractivity contribution >= 4 is 0 Å². The maximum Gasteiger partial charge on any atom is 0.238 e. The van der Waals surface area contributed by atoms with Crippen molar-refractivity contribution in [2.75, 3.05) is 6.54 Å². The minimum atomic E-state index is -0.777. The van der Waals surface area contributed by atoms with Gasteiger partial charge in [-0.2, -0.15) is 0 Å². The van der Waals surface area contributed by atoms with Gasteiger partial charge in [0, 0.05) is 18.8 Å². The van der Waals surface area contributed by atoms with E-state index in [4.69, 9.17) is 4.74 Å². The minimum absolute atomic E-state index is 0.0839. The maximum atomic E-state index is 13.5. The molecule has 0 saturated carbocycles. The Morgan fingerprint density at radius 3 is 2.85 bits per heavy atom. The Labute approximate surface area is 115 Å². The van der Waals surface area contributed by atoms with Crippen molar-refractivity contribution < 1.29 is 13.5 Å². The van der Waals surface area contributed by atoms with Gasteiger partial charge < -0.3 is 10.1 Å². The SMILES string of the molecule is CCCNCc1cncc(Oc2ccc(F)cc2F)n1. The van der Waals surface area contributed by atoms with Crippen LogP contribution in [0.1, 0.15) is 19.0 Å². The molecule has 1 heterocycles. The molecule has 0 spiro atoms. The number of halogens is 2. The molecule has 0 radical (unpaired) electrons. The molecule has 2 aromatic rings. The molecular formula is C14H15F2N3O. The van der Waals surface area contributed by atoms with Crippen molar-refractivity contribution in [3.63, 3.8) is 0 Å². The van der Waals surface area contributed by atoms with Crippen molar-refractivity contribution in [1.82, 2.24) is 15.3 Å². The van der Waals surface area contributed by atoms with Gasteiger partial charge >= 0.3 is 0 Å². The second-order valence-electron chi connectivity index (χ2n) is 4.20. The number of aromatic nitrogens is 2. The first-order valence-electron chi connectivity index (χ1n) is 6.33. The zero-order chi connectivity index (χ0) is 14.4. The monoisotopic (exact) mass is 279 g/mol. The second kappa shape index (κ2) is 6.91. The number of nitrogens with one attached hydrogen (secondary N) is 1. The van der Waals surface area contributed by atoms with E-state index in [0.717, 1.165) is 25.1 Å². The van der Waals surface area contributed by atoms with Crippen molar-refractivity contribution in [2.24, 2.45) is 0 Å². The van der Waals surface area contributed by atoms with Gasteiger partial charge in [0.25, 0.3) is 0 Å². The molecule has 1 aromatic heterocycles. The molecule has 6 heteroatoms. The van der Waals surface area contributed by atoms with Crippen molar-refractivity contribution in [2.45, 2.75) is 19.9 Å². The molecule has 0 aliphatic heterocycles. The van der Waals surface area contributed by atoms with Crippen LogP contribution in [0.25, 0.3) is 0 Å². The van der Waals surface area contributed by atoms with E-state index in [-0.39, 0.29) is 11.6 Å². The van der Waals surface area contributed by atoms with Gasteiger partial charge in [0.2, 0.25) is 5.88 Å². The number of hydrogen-bond donors (Lipinski definition) is 1. The van der Waals surface area contributed by atoms with Gasteiger partial charge in [0.1, 0.15) is 5.82 Å². The normalized spacial score (nSPS) is 10.6. The van der Waals surface area contributed by atoms with Crippen LogP contribution in [0.3, 0.4) is 0 Å². The highest BCUT2D eigenvalue weighted by Crippen LogP contribution is 2.23. The molecule has 0 unspecified atom stereocenters. The van der Waals surface area contributed by atoms with Crippen molar-refractivity contribution in [3.05, 3.63) is 47.9 Å². The van der Waals surface area contributed by atoms with E-state index in [1.165, 1.54) is 12.3 Å². The molecule has 0 atom stereocenters. The van der Waals surface area contributed by atoms with E-state index in [2.05, 4.69) is 22.2 Å². The Hall–Kier alpha value is -2.08. The lowest BCUT2D eigenvalue weighted by Gasteiger charge is -2.07. The van der Waals surface area contributed by atoms with Crippen LogP contribution in [0.2, 0.25) is 0 Å². The quantitative estimate of drug-likeness (QED) is 0.826. The molecule has 1 N–H and O–H groups in total. The lowest BCUT2D eigenvalue weighted by Crippen LogP contribution is -2.15. The van der Waals surface area contributed by atoms with Crippen LogP contribution in [-0.4, -0.2) is 16.5 Å². The van der Waals surface area contributed by atoms with Crippen LogP contribution in [0, 0.1) is 11.6 Å². The van der Waals surface area contributed by atoms with E-state index < -0.39 is 11.6 Å². The molecule has 0 aliphatic rings. The predicted octanol–water partition coefficient (Wildman–Crippen LogP) is 3.05. The Morgan fingerprint density at radius 1 is 1.25 bits per heavy atom. The van der Waals surface area contributed by atoms with Crippen LogP contribution in [-0.2, 0) is 6.54 Å². The fraction of sp³-hybridized carbons (Fsp3) is 0.286. The van der Waals surface area contributed by atoms with Crippen LogP contribution in [0.15, 0.2) is 30.6 Å². The van der Waals surface area contributed by atoms with Gasteiger partial charge in [-0.25, -0.2) is 13.8 Å². The first kappa shape index (κ1) is 14.3. The fourth-order valence-electron chi connectivity index (χ4n) is 1.58. The van der Waals surface area contributed by atoms with Gasteiger partial charge in [-0.15, -0.1) is 0 Å². The summed E-state index contributed by atoms with van der Waals surface area (Å²) < 4.78 is 31.5. The lowest BCUT2D eigenvalue weighted by molar-refractivity contribution is 0.419. The van der Waals surface area contributed by atoms with E-state index in [1.807, 2.05) is 0 Å². The number of hydrogen-bond acceptors (Lipinski definition) is 4. The summed E-state index contributed by atoms with van der Waals surface area (Å²) in [5.74, 6) is -1.34. The number of benzene rings is 1. The van der Waals surface area contributed by atoms with Crippen LogP contribution in [0.5, 0.6) is 11.6 Å². The van der Waals surface area contributed by atoms with E-state index in [1.54, 1.807) is 6.20 Å². The molecule has 0 aliphatic carbocycles. The summed E-state index contributed by atoms with van der Waals surface area (Å²) in [5.41, 5.74) is 0.693. The van der Waals surface area contributed by atoms with Gasteiger partial charge in [-0.1, -0.05) is 6.92 Å². The summed E-state index contributed by atoms with van der Waals surface area (Å²) in [6.45, 7) is 3.50. The van der Waals surface area contributed by atoms with Gasteiger partial charge in [0.15, 0.2) is 11.6 Å². The predicted molar refractivity (Wildman–Crippen MR) is 70.5 cm³/mol. The van der Waals surface area contributed by atoms with Crippen LogP contribution < -0.4 is 10.1 Å². The largest absolute Gasteiger partial charge is 0.434 e. The molecule has 20 heavy (non-hydrogen) atoms. The number of rotatable bonds is 6. The zero-order valence-electron chi connectivity index (χ0n) is 11.1. The minimum Gasteiger partial charge on any atom is -0.434 e. The van der Waals surface area contributed by atoms with E-state index >= 15 is 0 Å². The summed E-state index contributed by atoms with van der Waals surface area (Å²) >= 11 is 0. The Morgan fingerprint density at radius 2 is 2.10 bits per heavy atom. The molecule has 0 amide bonds. The first-order valence-corrected chi connectivity index (χ1v) is 6.33. The van der Waals surface area contributed by atoms with E-state index in [9.17, 15) is 8.78 Å². The lowest BCUT2D eigenvalue weighted by atomic mass is 10.3. The average Bonchev–Trinajstić information content (AvgIpc) is 2.43. The zero-order valence-corrected chi connectivity index (χ0v) is 11.1. The standard InChI is InChI=1S/C14H15F2N3O/c1-2-5-17-7-11-8-18-9-14(19-11)20-13-4-3-10(15)6-12(13)16/h3-4,6,8-9,17H,2,5,7H2,1H3. The van der Waals surface area contributed by atoms with Crippen molar-refractivity contribution in [1.29, 1.82) is 0 Å². The number of ether oxygens (including phenoxy) is 1. The molecule has 106 valence electrons. The molecule has 4 nitrogen and oxygen atoms in total. The third kappa shape index (κ3) is 3.96. The molecule has 1 aromatic carbocycles. The van der Waals surface area contributed by atoms with Gasteiger partial charge in [0.05, 0.1) is 11.9 Å². The van der Waals surface area contributed by atoms with Crippen LogP contribution >= 0.6 is 0 Å². The van der Waals surface area contributed by atoms with Crippen molar-refractivity contribution in [3.8, 4) is 11.6 Å². The molecule has 2 rings (SSSR count).